The molecule has 1 amide bonds. The first kappa shape index (κ1) is 17.0. The summed E-state index contributed by atoms with van der Waals surface area (Å²) in [7, 11) is 1.63. The quantitative estimate of drug-likeness (QED) is 0.732. The van der Waals surface area contributed by atoms with Crippen LogP contribution in [-0.4, -0.2) is 42.9 Å². The van der Waals surface area contributed by atoms with Crippen molar-refractivity contribution in [1.82, 2.24) is 10.6 Å². The standard InChI is InChI=1S/C18H26N2O4/c1-23-17-8-12(6-7-16(17)24-14-4-2-3-5-14)10-20-18(22)15-9-13(21)11-19-15/h6-8,13-15,19,21H,2-5,9-11H2,1H3,(H,20,22)/t13-,15+/m0/s1. The molecule has 0 unspecified atom stereocenters. The number of rotatable bonds is 6. The third kappa shape index (κ3) is 4.19. The van der Waals surface area contributed by atoms with Gasteiger partial charge in [0.25, 0.3) is 0 Å². The lowest BCUT2D eigenvalue weighted by Crippen LogP contribution is -2.40. The Bertz CT molecular complexity index is 572. The molecule has 2 atom stereocenters. The van der Waals surface area contributed by atoms with E-state index in [1.807, 2.05) is 18.2 Å². The van der Waals surface area contributed by atoms with E-state index in [2.05, 4.69) is 10.6 Å². The van der Waals surface area contributed by atoms with Crippen molar-refractivity contribution in [1.29, 1.82) is 0 Å². The predicted molar refractivity (Wildman–Crippen MR) is 90.1 cm³/mol. The minimum absolute atomic E-state index is 0.0863. The molecule has 3 rings (SSSR count). The summed E-state index contributed by atoms with van der Waals surface area (Å²) in [5.74, 6) is 1.37. The van der Waals surface area contributed by atoms with Crippen molar-refractivity contribution >= 4 is 5.91 Å². The van der Waals surface area contributed by atoms with Crippen molar-refractivity contribution in [3.05, 3.63) is 23.8 Å². The van der Waals surface area contributed by atoms with Crippen LogP contribution in [0.4, 0.5) is 0 Å². The van der Waals surface area contributed by atoms with Crippen LogP contribution >= 0.6 is 0 Å². The summed E-state index contributed by atoms with van der Waals surface area (Å²) in [5.41, 5.74) is 0.956. The van der Waals surface area contributed by atoms with Crippen LogP contribution in [0.3, 0.4) is 0 Å². The van der Waals surface area contributed by atoms with E-state index in [1.165, 1.54) is 12.8 Å². The largest absolute Gasteiger partial charge is 0.493 e. The maximum Gasteiger partial charge on any atom is 0.237 e. The van der Waals surface area contributed by atoms with Gasteiger partial charge in [-0.1, -0.05) is 6.07 Å². The van der Waals surface area contributed by atoms with E-state index in [1.54, 1.807) is 7.11 Å². The van der Waals surface area contributed by atoms with Gasteiger partial charge in [0.1, 0.15) is 0 Å². The SMILES string of the molecule is COc1cc(CNC(=O)[C@H]2C[C@H](O)CN2)ccc1OC1CCCC1. The molecule has 3 N–H and O–H groups in total. The molecule has 1 heterocycles. The molecule has 1 aliphatic heterocycles. The van der Waals surface area contributed by atoms with Crippen LogP contribution in [0.25, 0.3) is 0 Å². The van der Waals surface area contributed by atoms with Gasteiger partial charge in [-0.2, -0.15) is 0 Å². The highest BCUT2D eigenvalue weighted by molar-refractivity contribution is 5.82. The number of aliphatic hydroxyl groups excluding tert-OH is 1. The summed E-state index contributed by atoms with van der Waals surface area (Å²) < 4.78 is 11.5. The highest BCUT2D eigenvalue weighted by atomic mass is 16.5. The van der Waals surface area contributed by atoms with Crippen LogP contribution in [0, 0.1) is 0 Å². The predicted octanol–water partition coefficient (Wildman–Crippen LogP) is 1.36. The van der Waals surface area contributed by atoms with E-state index in [0.717, 1.165) is 24.2 Å². The summed E-state index contributed by atoms with van der Waals surface area (Å²) in [4.78, 5) is 12.1. The van der Waals surface area contributed by atoms with E-state index in [0.29, 0.717) is 25.3 Å². The fourth-order valence-corrected chi connectivity index (χ4v) is 3.33. The Morgan fingerprint density at radius 1 is 1.33 bits per heavy atom. The molecule has 6 heteroatoms. The molecule has 1 aliphatic carbocycles. The highest BCUT2D eigenvalue weighted by Gasteiger charge is 2.27. The number of benzene rings is 1. The summed E-state index contributed by atoms with van der Waals surface area (Å²) in [6.45, 7) is 0.895. The average molecular weight is 334 g/mol. The fraction of sp³-hybridized carbons (Fsp3) is 0.611. The number of hydrogen-bond acceptors (Lipinski definition) is 5. The van der Waals surface area contributed by atoms with Crippen LogP contribution in [0.5, 0.6) is 11.5 Å². The minimum Gasteiger partial charge on any atom is -0.493 e. The van der Waals surface area contributed by atoms with Crippen LogP contribution in [-0.2, 0) is 11.3 Å². The number of carbonyl (C=O) groups is 1. The van der Waals surface area contributed by atoms with Gasteiger partial charge in [-0.05, 0) is 49.8 Å². The van der Waals surface area contributed by atoms with E-state index in [9.17, 15) is 9.90 Å². The third-order valence-corrected chi connectivity index (χ3v) is 4.71. The molecular formula is C18H26N2O4. The second-order valence-electron chi connectivity index (χ2n) is 6.58. The summed E-state index contributed by atoms with van der Waals surface area (Å²) in [5, 5.41) is 15.4. The Morgan fingerprint density at radius 3 is 2.79 bits per heavy atom. The number of hydrogen-bond donors (Lipinski definition) is 3. The molecule has 1 saturated heterocycles. The number of nitrogens with one attached hydrogen (secondary N) is 2. The van der Waals surface area contributed by atoms with Crippen molar-refractivity contribution in [2.45, 2.75) is 56.9 Å². The first-order valence-corrected chi connectivity index (χ1v) is 8.68. The van der Waals surface area contributed by atoms with Crippen molar-refractivity contribution in [3.63, 3.8) is 0 Å². The Balaban J connectivity index is 1.56. The van der Waals surface area contributed by atoms with Gasteiger partial charge in [0.15, 0.2) is 11.5 Å². The lowest BCUT2D eigenvalue weighted by molar-refractivity contribution is -0.123. The normalized spacial score (nSPS) is 24.1. The zero-order valence-electron chi connectivity index (χ0n) is 14.1. The molecule has 1 aromatic rings. The minimum atomic E-state index is -0.437. The second kappa shape index (κ2) is 7.85. The fourth-order valence-electron chi connectivity index (χ4n) is 3.33. The van der Waals surface area contributed by atoms with E-state index in [-0.39, 0.29) is 18.1 Å². The maximum atomic E-state index is 12.1. The smallest absolute Gasteiger partial charge is 0.237 e. The van der Waals surface area contributed by atoms with Crippen LogP contribution in [0.15, 0.2) is 18.2 Å². The van der Waals surface area contributed by atoms with E-state index >= 15 is 0 Å². The van der Waals surface area contributed by atoms with Crippen molar-refractivity contribution in [2.75, 3.05) is 13.7 Å². The summed E-state index contributed by atoms with van der Waals surface area (Å²) >= 11 is 0. The molecule has 2 aliphatic rings. The van der Waals surface area contributed by atoms with Crippen LogP contribution in [0.1, 0.15) is 37.7 Å². The number of β-amino-alcohol motifs (C(OH)–C–C–N with tert-alkyl or cyclic N) is 1. The molecule has 0 bridgehead atoms. The van der Waals surface area contributed by atoms with E-state index < -0.39 is 6.10 Å². The van der Waals surface area contributed by atoms with Crippen molar-refractivity contribution in [3.8, 4) is 11.5 Å². The average Bonchev–Trinajstić information content (AvgIpc) is 3.25. The third-order valence-electron chi connectivity index (χ3n) is 4.71. The Labute approximate surface area is 142 Å². The lowest BCUT2D eigenvalue weighted by Gasteiger charge is -2.17. The van der Waals surface area contributed by atoms with Gasteiger partial charge < -0.3 is 25.2 Å². The molecule has 24 heavy (non-hydrogen) atoms. The number of amides is 1. The van der Waals surface area contributed by atoms with Gasteiger partial charge in [-0.3, -0.25) is 4.79 Å². The van der Waals surface area contributed by atoms with Gasteiger partial charge in [0, 0.05) is 13.1 Å². The number of methoxy groups -OCH3 is 1. The first-order valence-electron chi connectivity index (χ1n) is 8.68. The zero-order chi connectivity index (χ0) is 16.9. The van der Waals surface area contributed by atoms with Gasteiger partial charge >= 0.3 is 0 Å². The van der Waals surface area contributed by atoms with Gasteiger partial charge in [0.05, 0.1) is 25.4 Å². The Hall–Kier alpha value is -1.79. The Morgan fingerprint density at radius 2 is 2.12 bits per heavy atom. The number of aliphatic hydroxyl groups is 1. The molecule has 0 radical (unpaired) electrons. The molecule has 1 aromatic carbocycles. The topological polar surface area (TPSA) is 79.8 Å². The molecule has 132 valence electrons. The molecule has 2 fully saturated rings. The van der Waals surface area contributed by atoms with Gasteiger partial charge in [0.2, 0.25) is 5.91 Å². The number of ether oxygens (including phenoxy) is 2. The highest BCUT2D eigenvalue weighted by Crippen LogP contribution is 2.32. The van der Waals surface area contributed by atoms with E-state index in [4.69, 9.17) is 9.47 Å². The molecule has 0 spiro atoms. The van der Waals surface area contributed by atoms with Crippen molar-refractivity contribution < 1.29 is 19.4 Å². The number of carbonyl (C=O) groups excluding carboxylic acids is 1. The Kier molecular flexibility index (Phi) is 5.58. The molecule has 6 nitrogen and oxygen atoms in total. The van der Waals surface area contributed by atoms with Crippen LogP contribution < -0.4 is 20.1 Å². The molecular weight excluding hydrogens is 308 g/mol. The van der Waals surface area contributed by atoms with Crippen molar-refractivity contribution in [2.24, 2.45) is 0 Å². The van der Waals surface area contributed by atoms with Gasteiger partial charge in [-0.15, -0.1) is 0 Å². The lowest BCUT2D eigenvalue weighted by atomic mass is 10.1. The zero-order valence-corrected chi connectivity index (χ0v) is 14.1. The molecule has 1 saturated carbocycles. The van der Waals surface area contributed by atoms with Crippen LogP contribution in [0.2, 0.25) is 0 Å². The first-order chi connectivity index (χ1) is 11.7. The molecule has 0 aromatic heterocycles. The second-order valence-corrected chi connectivity index (χ2v) is 6.58. The van der Waals surface area contributed by atoms with Gasteiger partial charge in [-0.25, -0.2) is 0 Å². The maximum absolute atomic E-state index is 12.1. The summed E-state index contributed by atoms with van der Waals surface area (Å²) in [6.07, 6.45) is 4.95. The monoisotopic (exact) mass is 334 g/mol. The summed E-state index contributed by atoms with van der Waals surface area (Å²) in [6, 6.07) is 5.45.